The highest BCUT2D eigenvalue weighted by molar-refractivity contribution is 6.06. The number of allylic oxidation sites excluding steroid dienone is 1. The Balaban J connectivity index is 1.42. The molecule has 0 saturated heterocycles. The van der Waals surface area contributed by atoms with Crippen molar-refractivity contribution in [2.24, 2.45) is 34.5 Å². The molecule has 0 spiro atoms. The zero-order valence-corrected chi connectivity index (χ0v) is 19.4. The molecule has 4 fully saturated rings. The first kappa shape index (κ1) is 20.3. The first-order valence-corrected chi connectivity index (χ1v) is 12.4. The standard InChI is InChI=1S/C28H39NO/c1-27-15-6-5-7-21(27)10-13-23-24(27)14-16-28(2)25(23)18-20(26(28)30)17-19-8-11-22(12-9-19)29(3)4/h8-9,11-12,17,21,23-25H,5-7,10,13-16,18H2,1-4H3/b20-17+/t21-,23-,24+,25-,27+,28+/m1/s1. The highest BCUT2D eigenvalue weighted by atomic mass is 16.1. The van der Waals surface area contributed by atoms with Crippen LogP contribution in [0.15, 0.2) is 29.8 Å². The minimum absolute atomic E-state index is 0.117. The van der Waals surface area contributed by atoms with Gasteiger partial charge in [-0.3, -0.25) is 4.79 Å². The normalized spacial score (nSPS) is 41.9. The molecule has 5 rings (SSSR count). The summed E-state index contributed by atoms with van der Waals surface area (Å²) in [6, 6.07) is 8.64. The second kappa shape index (κ2) is 7.24. The van der Waals surface area contributed by atoms with Crippen LogP contribution >= 0.6 is 0 Å². The Morgan fingerprint density at radius 3 is 2.43 bits per heavy atom. The van der Waals surface area contributed by atoms with Gasteiger partial charge in [-0.15, -0.1) is 0 Å². The summed E-state index contributed by atoms with van der Waals surface area (Å²) < 4.78 is 0. The lowest BCUT2D eigenvalue weighted by molar-refractivity contribution is -0.137. The molecule has 0 amide bonds. The summed E-state index contributed by atoms with van der Waals surface area (Å²) in [5.41, 5.74) is 3.90. The molecule has 6 atom stereocenters. The van der Waals surface area contributed by atoms with E-state index in [2.05, 4.69) is 63.2 Å². The average molecular weight is 406 g/mol. The number of Topliss-reactive ketones (excluding diaryl/α,β-unsaturated/α-hetero) is 1. The van der Waals surface area contributed by atoms with Crippen LogP contribution in [0.25, 0.3) is 6.08 Å². The fourth-order valence-electron chi connectivity index (χ4n) is 8.16. The third kappa shape index (κ3) is 3.00. The van der Waals surface area contributed by atoms with Crippen molar-refractivity contribution in [2.75, 3.05) is 19.0 Å². The molecule has 0 N–H and O–H groups in total. The summed E-state index contributed by atoms with van der Waals surface area (Å²) in [7, 11) is 4.13. The summed E-state index contributed by atoms with van der Waals surface area (Å²) in [5.74, 6) is 3.57. The van der Waals surface area contributed by atoms with Gasteiger partial charge in [0.15, 0.2) is 5.78 Å². The van der Waals surface area contributed by atoms with E-state index in [4.69, 9.17) is 0 Å². The lowest BCUT2D eigenvalue weighted by Crippen LogP contribution is -2.52. The molecule has 0 radical (unpaired) electrons. The second-order valence-electron chi connectivity index (χ2n) is 11.5. The van der Waals surface area contributed by atoms with Gasteiger partial charge in [0.25, 0.3) is 0 Å². The van der Waals surface area contributed by atoms with E-state index in [0.717, 1.165) is 36.2 Å². The van der Waals surface area contributed by atoms with E-state index in [0.29, 0.717) is 17.1 Å². The molecule has 1 aromatic rings. The van der Waals surface area contributed by atoms with E-state index in [1.807, 2.05) is 0 Å². The number of fused-ring (bicyclic) bond motifs is 5. The Morgan fingerprint density at radius 2 is 1.70 bits per heavy atom. The van der Waals surface area contributed by atoms with Gasteiger partial charge in [0, 0.05) is 25.2 Å². The molecule has 30 heavy (non-hydrogen) atoms. The molecule has 1 aromatic carbocycles. The van der Waals surface area contributed by atoms with Crippen LogP contribution in [-0.2, 0) is 4.79 Å². The van der Waals surface area contributed by atoms with Crippen molar-refractivity contribution in [3.05, 3.63) is 35.4 Å². The predicted molar refractivity (Wildman–Crippen MR) is 125 cm³/mol. The summed E-state index contributed by atoms with van der Waals surface area (Å²) in [4.78, 5) is 15.7. The Labute approximate surface area is 183 Å². The second-order valence-corrected chi connectivity index (χ2v) is 11.5. The van der Waals surface area contributed by atoms with E-state index in [-0.39, 0.29) is 5.41 Å². The fourth-order valence-corrected chi connectivity index (χ4v) is 8.16. The molecular formula is C28H39NO. The van der Waals surface area contributed by atoms with Gasteiger partial charge in [0.1, 0.15) is 0 Å². The van der Waals surface area contributed by atoms with Crippen molar-refractivity contribution in [1.82, 2.24) is 0 Å². The molecule has 2 nitrogen and oxygen atoms in total. The van der Waals surface area contributed by atoms with Crippen LogP contribution in [0, 0.1) is 34.5 Å². The van der Waals surface area contributed by atoms with Gasteiger partial charge in [-0.1, -0.05) is 38.8 Å². The number of anilines is 1. The number of rotatable bonds is 2. The van der Waals surface area contributed by atoms with Crippen molar-refractivity contribution in [3.63, 3.8) is 0 Å². The van der Waals surface area contributed by atoms with Gasteiger partial charge in [0.05, 0.1) is 0 Å². The molecule has 0 aromatic heterocycles. The third-order valence-electron chi connectivity index (χ3n) is 9.97. The molecule has 4 aliphatic rings. The van der Waals surface area contributed by atoms with Gasteiger partial charge in [-0.05, 0) is 103 Å². The topological polar surface area (TPSA) is 20.3 Å². The SMILES string of the molecule is CN(C)c1ccc(/C=C2\C[C@@H]3[C@@H]4CC[C@H]5CCCC[C@]5(C)[C@H]4CC[C@]3(C)C2=O)cc1. The summed E-state index contributed by atoms with van der Waals surface area (Å²) in [5, 5.41) is 0. The number of nitrogens with zero attached hydrogens (tertiary/aromatic N) is 1. The van der Waals surface area contributed by atoms with Crippen LogP contribution in [0.3, 0.4) is 0 Å². The highest BCUT2D eigenvalue weighted by Gasteiger charge is 2.60. The molecule has 2 heteroatoms. The highest BCUT2D eigenvalue weighted by Crippen LogP contribution is 2.66. The quantitative estimate of drug-likeness (QED) is 0.507. The Kier molecular flexibility index (Phi) is 4.91. The van der Waals surface area contributed by atoms with Crippen LogP contribution in [0.2, 0.25) is 0 Å². The predicted octanol–water partition coefficient (Wildman–Crippen LogP) is 6.75. The maximum Gasteiger partial charge on any atom is 0.165 e. The minimum atomic E-state index is -0.117. The van der Waals surface area contributed by atoms with Gasteiger partial charge in [-0.2, -0.15) is 0 Å². The van der Waals surface area contributed by atoms with Gasteiger partial charge < -0.3 is 4.90 Å². The Hall–Kier alpha value is -1.57. The molecule has 0 bridgehead atoms. The lowest BCUT2D eigenvalue weighted by atomic mass is 9.45. The minimum Gasteiger partial charge on any atom is -0.378 e. The van der Waals surface area contributed by atoms with Gasteiger partial charge in [0.2, 0.25) is 0 Å². The van der Waals surface area contributed by atoms with Crippen molar-refractivity contribution in [1.29, 1.82) is 0 Å². The fraction of sp³-hybridized carbons (Fsp3) is 0.679. The van der Waals surface area contributed by atoms with E-state index < -0.39 is 0 Å². The van der Waals surface area contributed by atoms with Crippen LogP contribution in [0.5, 0.6) is 0 Å². The molecule has 0 aliphatic heterocycles. The molecule has 4 aliphatic carbocycles. The van der Waals surface area contributed by atoms with E-state index in [9.17, 15) is 4.79 Å². The first-order valence-electron chi connectivity index (χ1n) is 12.4. The van der Waals surface area contributed by atoms with E-state index in [1.165, 1.54) is 56.2 Å². The third-order valence-corrected chi connectivity index (χ3v) is 9.97. The summed E-state index contributed by atoms with van der Waals surface area (Å²) >= 11 is 0. The number of benzene rings is 1. The van der Waals surface area contributed by atoms with E-state index >= 15 is 0 Å². The number of carbonyl (C=O) groups is 1. The largest absolute Gasteiger partial charge is 0.378 e. The van der Waals surface area contributed by atoms with Crippen molar-refractivity contribution >= 4 is 17.5 Å². The lowest BCUT2D eigenvalue weighted by Gasteiger charge is -2.59. The van der Waals surface area contributed by atoms with Crippen molar-refractivity contribution in [3.8, 4) is 0 Å². The average Bonchev–Trinajstić information content (AvgIpc) is 2.98. The number of hydrogen-bond donors (Lipinski definition) is 0. The number of carbonyl (C=O) groups excluding carboxylic acids is 1. The van der Waals surface area contributed by atoms with Crippen molar-refractivity contribution in [2.45, 2.75) is 71.6 Å². The molecule has 0 heterocycles. The molecule has 162 valence electrons. The maximum atomic E-state index is 13.6. The Morgan fingerprint density at radius 1 is 0.933 bits per heavy atom. The van der Waals surface area contributed by atoms with Crippen molar-refractivity contribution < 1.29 is 4.79 Å². The Bertz CT molecular complexity index is 852. The zero-order chi connectivity index (χ0) is 21.1. The van der Waals surface area contributed by atoms with Crippen LogP contribution in [0.1, 0.15) is 77.2 Å². The van der Waals surface area contributed by atoms with Crippen LogP contribution in [-0.4, -0.2) is 19.9 Å². The van der Waals surface area contributed by atoms with Gasteiger partial charge >= 0.3 is 0 Å². The zero-order valence-electron chi connectivity index (χ0n) is 19.4. The van der Waals surface area contributed by atoms with Gasteiger partial charge in [-0.25, -0.2) is 0 Å². The smallest absolute Gasteiger partial charge is 0.165 e. The summed E-state index contributed by atoms with van der Waals surface area (Å²) in [6.45, 7) is 4.93. The van der Waals surface area contributed by atoms with E-state index in [1.54, 1.807) is 0 Å². The summed E-state index contributed by atoms with van der Waals surface area (Å²) in [6.07, 6.45) is 14.1. The number of ketones is 1. The van der Waals surface area contributed by atoms with Crippen LogP contribution < -0.4 is 4.90 Å². The molecule has 4 saturated carbocycles. The number of hydrogen-bond acceptors (Lipinski definition) is 2. The molecular weight excluding hydrogens is 366 g/mol. The first-order chi connectivity index (χ1) is 14.3. The van der Waals surface area contributed by atoms with Crippen LogP contribution in [0.4, 0.5) is 5.69 Å². The maximum absolute atomic E-state index is 13.6. The molecule has 0 unspecified atom stereocenters. The monoisotopic (exact) mass is 405 g/mol.